The van der Waals surface area contributed by atoms with Crippen LogP contribution in [0.25, 0.3) is 0 Å². The van der Waals surface area contributed by atoms with E-state index in [0.29, 0.717) is 6.54 Å². The minimum Gasteiger partial charge on any atom is -0.309 e. The van der Waals surface area contributed by atoms with E-state index in [1.54, 1.807) is 11.9 Å². The van der Waals surface area contributed by atoms with Crippen LogP contribution in [0.3, 0.4) is 0 Å². The Kier molecular flexibility index (Phi) is 15.5. The molecule has 0 aromatic heterocycles. The van der Waals surface area contributed by atoms with Crippen LogP contribution >= 0.6 is 11.9 Å². The molecule has 5 nitrogen and oxygen atoms in total. The van der Waals surface area contributed by atoms with Gasteiger partial charge in [-0.25, -0.2) is 13.2 Å². The average Bonchev–Trinajstić information content (AvgIpc) is 3.16. The summed E-state index contributed by atoms with van der Waals surface area (Å²) in [6.07, 6.45) is 0. The molecule has 50 heavy (non-hydrogen) atoms. The van der Waals surface area contributed by atoms with E-state index in [9.17, 15) is 4.21 Å². The highest BCUT2D eigenvalue weighted by Gasteiger charge is 2.06. The first-order valence-electron chi connectivity index (χ1n) is 16.9. The van der Waals surface area contributed by atoms with Crippen LogP contribution in [0.4, 0.5) is 0 Å². The van der Waals surface area contributed by atoms with Gasteiger partial charge in [0.1, 0.15) is 11.0 Å². The predicted molar refractivity (Wildman–Crippen MR) is 210 cm³/mol. The van der Waals surface area contributed by atoms with E-state index in [-0.39, 0.29) is 0 Å². The lowest BCUT2D eigenvalue weighted by atomic mass is 10.2. The van der Waals surface area contributed by atoms with Gasteiger partial charge in [-0.05, 0) is 76.6 Å². The average molecular weight is 699 g/mol. The van der Waals surface area contributed by atoms with Crippen LogP contribution in [-0.4, -0.2) is 15.6 Å². The molecule has 0 aliphatic carbocycles. The lowest BCUT2D eigenvalue weighted by Crippen LogP contribution is -2.17. The van der Waals surface area contributed by atoms with Crippen LogP contribution in [-0.2, 0) is 50.3 Å². The second kappa shape index (κ2) is 21.0. The van der Waals surface area contributed by atoms with E-state index in [1.165, 1.54) is 27.1 Å². The van der Waals surface area contributed by atoms with Crippen molar-refractivity contribution in [3.05, 3.63) is 203 Å². The monoisotopic (exact) mass is 698 g/mol. The van der Waals surface area contributed by atoms with Gasteiger partial charge in [0.05, 0.1) is 4.90 Å². The van der Waals surface area contributed by atoms with E-state index >= 15 is 0 Å². The maximum atomic E-state index is 12.4. The van der Waals surface area contributed by atoms with Crippen molar-refractivity contribution >= 4 is 22.9 Å². The molecule has 0 bridgehead atoms. The van der Waals surface area contributed by atoms with Crippen molar-refractivity contribution in [2.75, 3.05) is 7.05 Å². The number of nitrogens with one attached hydrogen (secondary N) is 3. The molecule has 0 spiro atoms. The molecule has 7 heteroatoms. The number of nitrogens with zero attached hydrogens (tertiary/aromatic N) is 1. The molecule has 256 valence electrons. The number of hydrogen-bond donors (Lipinski definition) is 3. The predicted octanol–water partition coefficient (Wildman–Crippen LogP) is 8.90. The molecule has 0 saturated carbocycles. The fourth-order valence-electron chi connectivity index (χ4n) is 5.26. The first-order valence-corrected chi connectivity index (χ1v) is 18.8. The molecule has 6 aromatic carbocycles. The Morgan fingerprint density at radius 2 is 0.900 bits per heavy atom. The van der Waals surface area contributed by atoms with E-state index in [4.69, 9.17) is 0 Å². The molecule has 0 saturated heterocycles. The highest BCUT2D eigenvalue weighted by molar-refractivity contribution is 7.97. The van der Waals surface area contributed by atoms with Crippen molar-refractivity contribution in [2.45, 2.75) is 49.1 Å². The smallest absolute Gasteiger partial charge is 0.125 e. The Morgan fingerprint density at radius 3 is 1.44 bits per heavy atom. The zero-order valence-corrected chi connectivity index (χ0v) is 30.2. The Labute approximate surface area is 304 Å². The Morgan fingerprint density at radius 1 is 0.480 bits per heavy atom. The summed E-state index contributed by atoms with van der Waals surface area (Å²) in [4.78, 5) is 2.08. The van der Waals surface area contributed by atoms with Gasteiger partial charge in [0, 0.05) is 44.2 Å². The summed E-state index contributed by atoms with van der Waals surface area (Å²) in [6, 6.07) is 58.0. The van der Waals surface area contributed by atoms with E-state index in [2.05, 4.69) is 130 Å². The van der Waals surface area contributed by atoms with Gasteiger partial charge in [0.25, 0.3) is 0 Å². The van der Waals surface area contributed by atoms with Crippen LogP contribution in [0.2, 0.25) is 0 Å². The minimum atomic E-state index is -1.21. The highest BCUT2D eigenvalue weighted by atomic mass is 32.2. The van der Waals surface area contributed by atoms with Crippen molar-refractivity contribution in [1.82, 2.24) is 19.7 Å². The van der Waals surface area contributed by atoms with Gasteiger partial charge in [-0.3, -0.25) is 0 Å². The van der Waals surface area contributed by atoms with Gasteiger partial charge in [0.15, 0.2) is 0 Å². The topological polar surface area (TPSA) is 56.4 Å². The molecular weight excluding hydrogens is 653 g/mol. The molecule has 1 unspecified atom stereocenters. The van der Waals surface area contributed by atoms with Crippen LogP contribution in [0.15, 0.2) is 180 Å². The summed E-state index contributed by atoms with van der Waals surface area (Å²) in [5.41, 5.74) is 7.47. The van der Waals surface area contributed by atoms with Gasteiger partial charge in [0.2, 0.25) is 0 Å². The third kappa shape index (κ3) is 13.5. The van der Waals surface area contributed by atoms with Gasteiger partial charge in [-0.15, -0.1) is 0 Å². The van der Waals surface area contributed by atoms with Crippen molar-refractivity contribution < 1.29 is 4.21 Å². The summed E-state index contributed by atoms with van der Waals surface area (Å²) in [5.74, 6) is 0. The van der Waals surface area contributed by atoms with Gasteiger partial charge in [-0.2, -0.15) is 0 Å². The molecule has 6 aromatic rings. The molecule has 0 radical (unpaired) electrons. The molecule has 6 rings (SSSR count). The van der Waals surface area contributed by atoms with Crippen molar-refractivity contribution in [2.24, 2.45) is 0 Å². The van der Waals surface area contributed by atoms with Crippen LogP contribution in [0.1, 0.15) is 33.4 Å². The quantitative estimate of drug-likeness (QED) is 0.0882. The standard InChI is InChI=1S/C22H24N2S.C21H22N2OS/c1-24(18-20-11-6-3-7-12-20)25-22-14-8-13-21(15-22)17-23-16-19-9-4-2-5-10-19;24-25(23-17-19-10-5-2-6-11-19)21-13-7-12-20(14-21)16-22-15-18-8-3-1-4-9-18/h2-15,23H,16-18H2,1H3;1-14,22-23H,15-17H2. The largest absolute Gasteiger partial charge is 0.309 e. The molecule has 1 atom stereocenters. The summed E-state index contributed by atoms with van der Waals surface area (Å²) in [6.45, 7) is 4.86. The van der Waals surface area contributed by atoms with Gasteiger partial charge < -0.3 is 10.6 Å². The fourth-order valence-corrected chi connectivity index (χ4v) is 7.10. The van der Waals surface area contributed by atoms with Crippen LogP contribution < -0.4 is 15.4 Å². The molecule has 3 N–H and O–H groups in total. The third-order valence-electron chi connectivity index (χ3n) is 7.77. The maximum absolute atomic E-state index is 12.4. The highest BCUT2D eigenvalue weighted by Crippen LogP contribution is 2.24. The van der Waals surface area contributed by atoms with Crippen LogP contribution in [0.5, 0.6) is 0 Å². The van der Waals surface area contributed by atoms with E-state index in [1.807, 2.05) is 66.7 Å². The van der Waals surface area contributed by atoms with Crippen molar-refractivity contribution in [1.29, 1.82) is 0 Å². The Bertz CT molecular complexity index is 1840. The fraction of sp³-hybridized carbons (Fsp3) is 0.163. The molecule has 0 amide bonds. The molecule has 0 heterocycles. The second-order valence-electron chi connectivity index (χ2n) is 11.9. The zero-order chi connectivity index (χ0) is 34.6. The number of hydrogen-bond acceptors (Lipinski definition) is 5. The van der Waals surface area contributed by atoms with Gasteiger partial charge in [-0.1, -0.05) is 146 Å². The minimum absolute atomic E-state index is 0.587. The third-order valence-corrected chi connectivity index (χ3v) is 9.77. The lowest BCUT2D eigenvalue weighted by Gasteiger charge is -2.16. The second-order valence-corrected chi connectivity index (χ2v) is 14.5. The molecular formula is C43H46N4OS2. The molecule has 0 fully saturated rings. The maximum Gasteiger partial charge on any atom is 0.125 e. The lowest BCUT2D eigenvalue weighted by molar-refractivity contribution is 0.564. The van der Waals surface area contributed by atoms with E-state index in [0.717, 1.165) is 48.7 Å². The first kappa shape index (κ1) is 36.9. The summed E-state index contributed by atoms with van der Waals surface area (Å²) < 4.78 is 17.8. The van der Waals surface area contributed by atoms with Crippen molar-refractivity contribution in [3.63, 3.8) is 0 Å². The van der Waals surface area contributed by atoms with Crippen LogP contribution in [0, 0.1) is 0 Å². The summed E-state index contributed by atoms with van der Waals surface area (Å²) in [5, 5.41) is 6.94. The SMILES string of the molecule is CN(Cc1ccccc1)Sc1cccc(CNCc2ccccc2)c1.O=S(NCc1ccccc1)c1cccc(CNCc2ccccc2)c1. The zero-order valence-electron chi connectivity index (χ0n) is 28.6. The molecule has 0 aliphatic rings. The first-order chi connectivity index (χ1) is 24.6. The number of rotatable bonds is 16. The summed E-state index contributed by atoms with van der Waals surface area (Å²) >= 11 is 1.79. The van der Waals surface area contributed by atoms with Crippen molar-refractivity contribution in [3.8, 4) is 0 Å². The Hall–Kier alpha value is -4.34. The normalized spacial score (nSPS) is 11.5. The van der Waals surface area contributed by atoms with E-state index < -0.39 is 11.0 Å². The van der Waals surface area contributed by atoms with Gasteiger partial charge >= 0.3 is 0 Å². The summed E-state index contributed by atoms with van der Waals surface area (Å²) in [7, 11) is 0.923. The molecule has 0 aliphatic heterocycles. The Balaban J connectivity index is 0.000000194. The number of benzene rings is 6.